The summed E-state index contributed by atoms with van der Waals surface area (Å²) in [7, 11) is 0. The van der Waals surface area contributed by atoms with Crippen LogP contribution < -0.4 is 5.32 Å². The number of furan rings is 1. The lowest BCUT2D eigenvalue weighted by molar-refractivity contribution is 0.668. The van der Waals surface area contributed by atoms with Gasteiger partial charge in [-0.05, 0) is 28.8 Å². The first kappa shape index (κ1) is 21.3. The zero-order chi connectivity index (χ0) is 24.6. The Hall–Kier alpha value is -4.96. The zero-order valence-corrected chi connectivity index (χ0v) is 20.0. The summed E-state index contributed by atoms with van der Waals surface area (Å²) >= 11 is 0. The number of benzene rings is 5. The highest BCUT2D eigenvalue weighted by Crippen LogP contribution is 2.38. The number of aliphatic imine (C=N–C) groups is 2. The van der Waals surface area contributed by atoms with Crippen molar-refractivity contribution in [3.05, 3.63) is 144 Å². The molecule has 1 aromatic heterocycles. The summed E-state index contributed by atoms with van der Waals surface area (Å²) in [5.74, 6) is 1.48. The highest BCUT2D eigenvalue weighted by Gasteiger charge is 2.24. The molecule has 5 aromatic carbocycles. The number of rotatable bonds is 4. The maximum Gasteiger partial charge on any atom is 0.159 e. The summed E-state index contributed by atoms with van der Waals surface area (Å²) in [5.41, 5.74) is 7.03. The summed E-state index contributed by atoms with van der Waals surface area (Å²) in [5, 5.41) is 5.75. The number of hydrogen-bond donors (Lipinski definition) is 1. The normalized spacial score (nSPS) is 15.3. The molecule has 4 heteroatoms. The summed E-state index contributed by atoms with van der Waals surface area (Å²) < 4.78 is 6.36. The van der Waals surface area contributed by atoms with Gasteiger partial charge in [0, 0.05) is 21.9 Å². The molecule has 0 saturated heterocycles. The monoisotopic (exact) mass is 477 g/mol. The number of nitrogens with one attached hydrogen (secondary N) is 1. The molecule has 0 radical (unpaired) electrons. The third-order valence-electron chi connectivity index (χ3n) is 6.75. The topological polar surface area (TPSA) is 49.9 Å². The minimum atomic E-state index is -0.258. The molecule has 37 heavy (non-hydrogen) atoms. The Morgan fingerprint density at radius 2 is 1.11 bits per heavy atom. The second-order valence-corrected chi connectivity index (χ2v) is 9.06. The molecule has 1 aliphatic heterocycles. The van der Waals surface area contributed by atoms with E-state index in [9.17, 15) is 0 Å². The first-order valence-electron chi connectivity index (χ1n) is 12.4. The van der Waals surface area contributed by atoms with Gasteiger partial charge in [0.05, 0.1) is 0 Å². The third kappa shape index (κ3) is 3.80. The first-order valence-corrected chi connectivity index (χ1v) is 12.4. The Balaban J connectivity index is 1.47. The molecular weight excluding hydrogens is 454 g/mol. The van der Waals surface area contributed by atoms with Gasteiger partial charge in [-0.25, -0.2) is 9.98 Å². The lowest BCUT2D eigenvalue weighted by Crippen LogP contribution is -2.33. The van der Waals surface area contributed by atoms with Gasteiger partial charge in [-0.2, -0.15) is 0 Å². The van der Waals surface area contributed by atoms with Crippen molar-refractivity contribution in [2.45, 2.75) is 6.17 Å². The van der Waals surface area contributed by atoms with Gasteiger partial charge in [-0.3, -0.25) is 0 Å². The molecule has 1 aliphatic rings. The van der Waals surface area contributed by atoms with E-state index >= 15 is 0 Å². The maximum absolute atomic E-state index is 6.36. The SMILES string of the molecule is c1ccc(C2=NC(c3ccccc3)NC(c3cccc4oc5cccc(-c6ccccc6)c5c34)=N2)cc1. The summed E-state index contributed by atoms with van der Waals surface area (Å²) in [6.45, 7) is 0. The molecule has 1 atom stereocenters. The quantitative estimate of drug-likeness (QED) is 0.282. The smallest absolute Gasteiger partial charge is 0.159 e. The second-order valence-electron chi connectivity index (χ2n) is 9.06. The van der Waals surface area contributed by atoms with E-state index in [-0.39, 0.29) is 6.17 Å². The molecule has 6 aromatic rings. The predicted octanol–water partition coefficient (Wildman–Crippen LogP) is 7.75. The Morgan fingerprint density at radius 3 is 1.78 bits per heavy atom. The molecule has 0 spiro atoms. The van der Waals surface area contributed by atoms with E-state index in [1.807, 2.05) is 60.7 Å². The molecule has 0 saturated carbocycles. The van der Waals surface area contributed by atoms with E-state index in [0.29, 0.717) is 5.84 Å². The van der Waals surface area contributed by atoms with E-state index in [1.54, 1.807) is 0 Å². The van der Waals surface area contributed by atoms with Crippen LogP contribution >= 0.6 is 0 Å². The molecule has 0 aliphatic carbocycles. The fourth-order valence-electron chi connectivity index (χ4n) is 5.03. The van der Waals surface area contributed by atoms with Crippen molar-refractivity contribution in [3.8, 4) is 11.1 Å². The molecule has 4 nitrogen and oxygen atoms in total. The van der Waals surface area contributed by atoms with Gasteiger partial charge in [0.1, 0.15) is 23.2 Å². The van der Waals surface area contributed by atoms with Crippen molar-refractivity contribution in [3.63, 3.8) is 0 Å². The number of fused-ring (bicyclic) bond motifs is 3. The van der Waals surface area contributed by atoms with Gasteiger partial charge >= 0.3 is 0 Å². The van der Waals surface area contributed by atoms with Gasteiger partial charge in [0.15, 0.2) is 5.84 Å². The Kier molecular flexibility index (Phi) is 5.14. The number of amidine groups is 2. The van der Waals surface area contributed by atoms with Crippen molar-refractivity contribution < 1.29 is 4.42 Å². The van der Waals surface area contributed by atoms with Crippen molar-refractivity contribution in [2.24, 2.45) is 9.98 Å². The molecule has 1 N–H and O–H groups in total. The molecule has 2 heterocycles. The van der Waals surface area contributed by atoms with Crippen molar-refractivity contribution >= 4 is 33.6 Å². The largest absolute Gasteiger partial charge is 0.456 e. The Bertz CT molecular complexity index is 1790. The summed E-state index contributed by atoms with van der Waals surface area (Å²) in [6, 6.07) is 43.3. The molecule has 0 amide bonds. The van der Waals surface area contributed by atoms with Crippen molar-refractivity contribution in [2.75, 3.05) is 0 Å². The van der Waals surface area contributed by atoms with Crippen LogP contribution in [0.5, 0.6) is 0 Å². The standard InChI is InChI=1S/C33H23N3O/c1-4-12-22(13-5-1)25-18-10-20-27-29(25)30-26(19-11-21-28(30)37-27)33-35-31(23-14-6-2-7-15-23)34-32(36-33)24-16-8-3-9-17-24/h1-21,31H,(H,34,35,36). The summed E-state index contributed by atoms with van der Waals surface area (Å²) in [6.07, 6.45) is -0.258. The van der Waals surface area contributed by atoms with E-state index in [2.05, 4.69) is 72.0 Å². The minimum Gasteiger partial charge on any atom is -0.456 e. The number of nitrogens with zero attached hydrogens (tertiary/aromatic N) is 2. The molecule has 7 rings (SSSR count). The van der Waals surface area contributed by atoms with E-state index < -0.39 is 0 Å². The van der Waals surface area contributed by atoms with Crippen LogP contribution in [0.3, 0.4) is 0 Å². The average molecular weight is 478 g/mol. The third-order valence-corrected chi connectivity index (χ3v) is 6.75. The highest BCUT2D eigenvalue weighted by molar-refractivity contribution is 6.24. The summed E-state index contributed by atoms with van der Waals surface area (Å²) in [4.78, 5) is 10.0. The molecular formula is C33H23N3O. The second kappa shape index (κ2) is 8.92. The van der Waals surface area contributed by atoms with Gasteiger partial charge in [0.25, 0.3) is 0 Å². The van der Waals surface area contributed by atoms with Crippen LogP contribution in [0, 0.1) is 0 Å². The van der Waals surface area contributed by atoms with Crippen LogP contribution in [-0.2, 0) is 0 Å². The van der Waals surface area contributed by atoms with E-state index in [1.165, 1.54) is 0 Å². The molecule has 0 fully saturated rings. The lowest BCUT2D eigenvalue weighted by Gasteiger charge is -2.24. The molecule has 1 unspecified atom stereocenters. The fourth-order valence-corrected chi connectivity index (χ4v) is 5.03. The van der Waals surface area contributed by atoms with Gasteiger partial charge in [-0.15, -0.1) is 0 Å². The highest BCUT2D eigenvalue weighted by atomic mass is 16.3. The predicted molar refractivity (Wildman–Crippen MR) is 151 cm³/mol. The Morgan fingerprint density at radius 1 is 0.541 bits per heavy atom. The molecule has 0 bridgehead atoms. The van der Waals surface area contributed by atoms with Crippen molar-refractivity contribution in [1.29, 1.82) is 0 Å². The van der Waals surface area contributed by atoms with Gasteiger partial charge < -0.3 is 9.73 Å². The van der Waals surface area contributed by atoms with E-state index in [0.717, 1.165) is 55.6 Å². The fraction of sp³-hybridized carbons (Fsp3) is 0.0303. The van der Waals surface area contributed by atoms with Crippen LogP contribution in [0.15, 0.2) is 142 Å². The van der Waals surface area contributed by atoms with Crippen molar-refractivity contribution in [1.82, 2.24) is 5.32 Å². The van der Waals surface area contributed by atoms with Gasteiger partial charge in [-0.1, -0.05) is 115 Å². The molecule has 176 valence electrons. The first-order chi connectivity index (χ1) is 18.3. The van der Waals surface area contributed by atoms with E-state index in [4.69, 9.17) is 14.4 Å². The maximum atomic E-state index is 6.36. The van der Waals surface area contributed by atoms with Crippen LogP contribution in [0.1, 0.15) is 22.9 Å². The van der Waals surface area contributed by atoms with Crippen LogP contribution in [0.25, 0.3) is 33.1 Å². The zero-order valence-electron chi connectivity index (χ0n) is 20.0. The average Bonchev–Trinajstić information content (AvgIpc) is 3.37. The van der Waals surface area contributed by atoms with Gasteiger partial charge in [0.2, 0.25) is 0 Å². The minimum absolute atomic E-state index is 0.258. The Labute approximate surface area is 214 Å². The lowest BCUT2D eigenvalue weighted by atomic mass is 9.96. The van der Waals surface area contributed by atoms with Crippen LogP contribution in [0.2, 0.25) is 0 Å². The van der Waals surface area contributed by atoms with Crippen LogP contribution in [-0.4, -0.2) is 11.7 Å². The number of hydrogen-bond acceptors (Lipinski definition) is 4. The van der Waals surface area contributed by atoms with Crippen LogP contribution in [0.4, 0.5) is 0 Å².